The van der Waals surface area contributed by atoms with Gasteiger partial charge in [0.2, 0.25) is 0 Å². The second-order valence-electron chi connectivity index (χ2n) is 4.85. The van der Waals surface area contributed by atoms with Crippen molar-refractivity contribution in [2.75, 3.05) is 0 Å². The first kappa shape index (κ1) is 11.7. The highest BCUT2D eigenvalue weighted by Crippen LogP contribution is 2.44. The Balaban J connectivity index is 2.09. The van der Waals surface area contributed by atoms with E-state index in [0.29, 0.717) is 34.4 Å². The van der Waals surface area contributed by atoms with E-state index in [1.54, 1.807) is 12.1 Å². The van der Waals surface area contributed by atoms with E-state index < -0.39 is 0 Å². The van der Waals surface area contributed by atoms with E-state index in [1.165, 1.54) is 0 Å². The molecule has 2 aromatic carbocycles. The lowest BCUT2D eigenvalue weighted by Crippen LogP contribution is -2.12. The first-order valence-corrected chi connectivity index (χ1v) is 6.47. The molecule has 0 saturated heterocycles. The second-order valence-corrected chi connectivity index (χ2v) is 4.85. The minimum absolute atomic E-state index is 0.240. The summed E-state index contributed by atoms with van der Waals surface area (Å²) >= 11 is 0. The Morgan fingerprint density at radius 2 is 2.14 bits per heavy atom. The Hall–Kier alpha value is -3.13. The molecule has 5 heteroatoms. The van der Waals surface area contributed by atoms with E-state index in [-0.39, 0.29) is 5.56 Å². The molecule has 1 aromatic heterocycles. The number of hydrogen-bond donors (Lipinski definition) is 1. The molecule has 1 N–H and O–H groups in total. The molecule has 100 valence electrons. The van der Waals surface area contributed by atoms with E-state index in [1.807, 2.05) is 24.3 Å². The maximum Gasteiger partial charge on any atom is 0.272 e. The number of fused-ring (bicyclic) bond motifs is 2. The maximum atomic E-state index is 11.9. The van der Waals surface area contributed by atoms with Gasteiger partial charge in [-0.25, -0.2) is 5.10 Å². The van der Waals surface area contributed by atoms with Crippen LogP contribution in [0.25, 0.3) is 22.0 Å². The van der Waals surface area contributed by atoms with Gasteiger partial charge in [0.25, 0.3) is 5.56 Å². The molecule has 2 heterocycles. The summed E-state index contributed by atoms with van der Waals surface area (Å²) in [4.78, 5) is 11.9. The molecule has 1 aliphatic heterocycles. The summed E-state index contributed by atoms with van der Waals surface area (Å²) in [5, 5.41) is 16.8. The Kier molecular flexibility index (Phi) is 2.33. The fraction of sp³-hybridized carbons (Fsp3) is 0.0625. The van der Waals surface area contributed by atoms with Crippen LogP contribution in [0.3, 0.4) is 0 Å². The molecule has 0 unspecified atom stereocenters. The largest absolute Gasteiger partial charge is 0.456 e. The molecule has 0 aliphatic carbocycles. The van der Waals surface area contributed by atoms with Gasteiger partial charge in [-0.3, -0.25) is 4.79 Å². The average molecular weight is 275 g/mol. The van der Waals surface area contributed by atoms with Gasteiger partial charge >= 0.3 is 0 Å². The lowest BCUT2D eigenvalue weighted by atomic mass is 9.98. The van der Waals surface area contributed by atoms with Crippen LogP contribution in [0.2, 0.25) is 0 Å². The molecule has 0 saturated carbocycles. The SMILES string of the molecule is N#CCc1ccc2c(c1)-c1n[nH]c(=O)c3cccc(c13)O2. The number of nitrogens with zero attached hydrogens (tertiary/aromatic N) is 2. The molecule has 0 radical (unpaired) electrons. The molecule has 0 atom stereocenters. The van der Waals surface area contributed by atoms with Crippen molar-refractivity contribution in [3.05, 3.63) is 52.3 Å². The number of nitrogens with one attached hydrogen (secondary N) is 1. The Labute approximate surface area is 119 Å². The number of benzene rings is 2. The molecular formula is C16H9N3O2. The van der Waals surface area contributed by atoms with Crippen LogP contribution in [0.5, 0.6) is 11.5 Å². The van der Waals surface area contributed by atoms with Crippen LogP contribution >= 0.6 is 0 Å². The molecule has 0 fully saturated rings. The van der Waals surface area contributed by atoms with E-state index in [4.69, 9.17) is 10.00 Å². The summed E-state index contributed by atoms with van der Waals surface area (Å²) in [6.45, 7) is 0. The zero-order chi connectivity index (χ0) is 14.4. The van der Waals surface area contributed by atoms with E-state index in [0.717, 1.165) is 11.1 Å². The molecule has 21 heavy (non-hydrogen) atoms. The van der Waals surface area contributed by atoms with Crippen molar-refractivity contribution in [1.29, 1.82) is 5.26 Å². The van der Waals surface area contributed by atoms with Gasteiger partial charge in [0, 0.05) is 5.56 Å². The molecule has 3 aromatic rings. The van der Waals surface area contributed by atoms with Crippen molar-refractivity contribution in [2.24, 2.45) is 0 Å². The fourth-order valence-corrected chi connectivity index (χ4v) is 2.64. The average Bonchev–Trinajstić information content (AvgIpc) is 2.51. The van der Waals surface area contributed by atoms with Gasteiger partial charge in [-0.05, 0) is 29.8 Å². The van der Waals surface area contributed by atoms with Gasteiger partial charge < -0.3 is 4.74 Å². The van der Waals surface area contributed by atoms with Crippen molar-refractivity contribution >= 4 is 10.8 Å². The monoisotopic (exact) mass is 275 g/mol. The molecule has 0 spiro atoms. The standard InChI is InChI=1S/C16H9N3O2/c17-7-6-9-4-5-12-11(8-9)15-14-10(16(20)19-18-15)2-1-3-13(14)21-12/h1-5,8H,6H2,(H,19,20). The van der Waals surface area contributed by atoms with Crippen LogP contribution in [0.15, 0.2) is 41.2 Å². The summed E-state index contributed by atoms with van der Waals surface area (Å²) in [7, 11) is 0. The summed E-state index contributed by atoms with van der Waals surface area (Å²) in [5.74, 6) is 1.30. The number of hydrogen-bond acceptors (Lipinski definition) is 4. The van der Waals surface area contributed by atoms with Crippen molar-refractivity contribution in [3.63, 3.8) is 0 Å². The van der Waals surface area contributed by atoms with Crippen LogP contribution in [0, 0.1) is 11.3 Å². The summed E-state index contributed by atoms with van der Waals surface area (Å²) in [5.41, 5.74) is 2.13. The van der Waals surface area contributed by atoms with Crippen LogP contribution < -0.4 is 10.3 Å². The number of aromatic amines is 1. The number of rotatable bonds is 1. The predicted molar refractivity (Wildman–Crippen MR) is 77.2 cm³/mol. The quantitative estimate of drug-likeness (QED) is 0.579. The van der Waals surface area contributed by atoms with Crippen molar-refractivity contribution in [2.45, 2.75) is 6.42 Å². The topological polar surface area (TPSA) is 78.8 Å². The summed E-state index contributed by atoms with van der Waals surface area (Å²) < 4.78 is 5.86. The van der Waals surface area contributed by atoms with Crippen molar-refractivity contribution < 1.29 is 4.74 Å². The molecule has 4 rings (SSSR count). The lowest BCUT2D eigenvalue weighted by Gasteiger charge is -2.20. The van der Waals surface area contributed by atoms with Crippen LogP contribution in [0.4, 0.5) is 0 Å². The number of ether oxygens (including phenoxy) is 1. The van der Waals surface area contributed by atoms with Crippen molar-refractivity contribution in [1.82, 2.24) is 10.2 Å². The number of nitriles is 1. The highest BCUT2D eigenvalue weighted by Gasteiger charge is 2.22. The smallest absolute Gasteiger partial charge is 0.272 e. The lowest BCUT2D eigenvalue weighted by molar-refractivity contribution is 0.486. The zero-order valence-electron chi connectivity index (χ0n) is 10.9. The van der Waals surface area contributed by atoms with Crippen LogP contribution in [-0.2, 0) is 6.42 Å². The first-order chi connectivity index (χ1) is 10.3. The van der Waals surface area contributed by atoms with Crippen LogP contribution in [-0.4, -0.2) is 10.2 Å². The number of aromatic nitrogens is 2. The molecule has 5 nitrogen and oxygen atoms in total. The van der Waals surface area contributed by atoms with Gasteiger partial charge in [0.05, 0.1) is 23.3 Å². The highest BCUT2D eigenvalue weighted by atomic mass is 16.5. The highest BCUT2D eigenvalue weighted by molar-refractivity contribution is 6.01. The molecular weight excluding hydrogens is 266 g/mol. The number of H-pyrrole nitrogens is 1. The third-order valence-electron chi connectivity index (χ3n) is 3.58. The van der Waals surface area contributed by atoms with Crippen LogP contribution in [0.1, 0.15) is 5.56 Å². The molecule has 0 amide bonds. The van der Waals surface area contributed by atoms with Gasteiger partial charge in [0.1, 0.15) is 17.2 Å². The maximum absolute atomic E-state index is 11.9. The summed E-state index contributed by atoms with van der Waals surface area (Å²) in [6, 6.07) is 13.0. The first-order valence-electron chi connectivity index (χ1n) is 6.47. The predicted octanol–water partition coefficient (Wildman–Crippen LogP) is 2.76. The third kappa shape index (κ3) is 1.63. The minimum Gasteiger partial charge on any atom is -0.456 e. The minimum atomic E-state index is -0.240. The zero-order valence-corrected chi connectivity index (χ0v) is 10.9. The Bertz CT molecular complexity index is 983. The Morgan fingerprint density at radius 1 is 1.24 bits per heavy atom. The molecule has 0 bridgehead atoms. The van der Waals surface area contributed by atoms with Gasteiger partial charge in [0.15, 0.2) is 0 Å². The van der Waals surface area contributed by atoms with Crippen molar-refractivity contribution in [3.8, 4) is 28.8 Å². The van der Waals surface area contributed by atoms with E-state index in [2.05, 4.69) is 16.3 Å². The Morgan fingerprint density at radius 3 is 3.00 bits per heavy atom. The van der Waals surface area contributed by atoms with E-state index in [9.17, 15) is 4.79 Å². The normalized spacial score (nSPS) is 11.6. The third-order valence-corrected chi connectivity index (χ3v) is 3.58. The van der Waals surface area contributed by atoms with E-state index >= 15 is 0 Å². The fourth-order valence-electron chi connectivity index (χ4n) is 2.64. The molecule has 1 aliphatic rings. The van der Waals surface area contributed by atoms with Gasteiger partial charge in [-0.2, -0.15) is 10.4 Å². The second kappa shape index (κ2) is 4.18. The van der Waals surface area contributed by atoms with Gasteiger partial charge in [-0.15, -0.1) is 0 Å². The van der Waals surface area contributed by atoms with Gasteiger partial charge in [-0.1, -0.05) is 12.1 Å². The summed E-state index contributed by atoms with van der Waals surface area (Å²) in [6.07, 6.45) is 0.321.